The van der Waals surface area contributed by atoms with Gasteiger partial charge in [0, 0.05) is 5.56 Å². The molecule has 1 N–H and O–H groups in total. The summed E-state index contributed by atoms with van der Waals surface area (Å²) in [6.45, 7) is 0. The van der Waals surface area contributed by atoms with Gasteiger partial charge in [-0.2, -0.15) is 9.64 Å². The van der Waals surface area contributed by atoms with Gasteiger partial charge < -0.3 is 10.1 Å². The van der Waals surface area contributed by atoms with Crippen molar-refractivity contribution in [1.82, 2.24) is 4.37 Å². The summed E-state index contributed by atoms with van der Waals surface area (Å²) >= 11 is 2.46. The van der Waals surface area contributed by atoms with E-state index in [0.29, 0.717) is 26.9 Å². The van der Waals surface area contributed by atoms with E-state index in [2.05, 4.69) is 15.8 Å². The van der Waals surface area contributed by atoms with Gasteiger partial charge >= 0.3 is 0 Å². The van der Waals surface area contributed by atoms with E-state index in [0.717, 1.165) is 5.69 Å². The summed E-state index contributed by atoms with van der Waals surface area (Å²) < 4.78 is 9.65. The molecule has 3 rings (SSSR count). The van der Waals surface area contributed by atoms with Gasteiger partial charge in [0.1, 0.15) is 27.4 Å². The predicted molar refractivity (Wildman–Crippen MR) is 105 cm³/mol. The Labute approximate surface area is 159 Å². The van der Waals surface area contributed by atoms with Crippen molar-refractivity contribution in [3.8, 4) is 11.8 Å². The number of aromatic nitrogens is 1. The second-order valence-corrected chi connectivity index (χ2v) is 6.94. The van der Waals surface area contributed by atoms with Crippen molar-refractivity contribution in [2.75, 3.05) is 18.2 Å². The zero-order valence-electron chi connectivity index (χ0n) is 13.9. The molecule has 1 aromatic heterocycles. The molecule has 0 radical (unpaired) electrons. The molecule has 7 heteroatoms. The van der Waals surface area contributed by atoms with Gasteiger partial charge in [-0.05, 0) is 23.7 Å². The van der Waals surface area contributed by atoms with Crippen molar-refractivity contribution in [3.05, 3.63) is 65.7 Å². The summed E-state index contributed by atoms with van der Waals surface area (Å²) in [4.78, 5) is 12.2. The lowest BCUT2D eigenvalue weighted by molar-refractivity contribution is 0.102. The number of nitrogens with one attached hydrogen (secondary N) is 1. The maximum absolute atomic E-state index is 12.2. The fourth-order valence-corrected chi connectivity index (χ4v) is 4.04. The molecule has 0 saturated heterocycles. The number of nitriles is 1. The number of thioether (sulfide) groups is 1. The lowest BCUT2D eigenvalue weighted by atomic mass is 10.2. The summed E-state index contributed by atoms with van der Waals surface area (Å²) in [6.07, 6.45) is 0. The van der Waals surface area contributed by atoms with E-state index in [1.54, 1.807) is 19.2 Å². The Balaban J connectivity index is 1.74. The molecule has 0 unspecified atom stereocenters. The molecule has 26 heavy (non-hydrogen) atoms. The summed E-state index contributed by atoms with van der Waals surface area (Å²) in [5.41, 5.74) is 1.85. The molecule has 0 aliphatic heterocycles. The molecule has 0 aliphatic rings. The molecule has 5 nitrogen and oxygen atoms in total. The van der Waals surface area contributed by atoms with Crippen molar-refractivity contribution in [1.29, 1.82) is 5.26 Å². The van der Waals surface area contributed by atoms with Crippen LogP contribution >= 0.6 is 23.3 Å². The number of nitrogens with zero attached hydrogens (tertiary/aromatic N) is 2. The molecule has 0 fully saturated rings. The van der Waals surface area contributed by atoms with Gasteiger partial charge in [0.15, 0.2) is 5.78 Å². The first-order chi connectivity index (χ1) is 12.7. The number of methoxy groups -OCH3 is 1. The zero-order chi connectivity index (χ0) is 18.4. The molecule has 0 aliphatic carbocycles. The number of ketones is 1. The Kier molecular flexibility index (Phi) is 5.89. The highest BCUT2D eigenvalue weighted by Gasteiger charge is 2.17. The number of benzene rings is 2. The van der Waals surface area contributed by atoms with E-state index >= 15 is 0 Å². The maximum Gasteiger partial charge on any atom is 0.173 e. The summed E-state index contributed by atoms with van der Waals surface area (Å²) in [7, 11) is 1.59. The van der Waals surface area contributed by atoms with Crippen molar-refractivity contribution >= 4 is 39.8 Å². The van der Waals surface area contributed by atoms with Gasteiger partial charge in [-0.3, -0.25) is 4.79 Å². The summed E-state index contributed by atoms with van der Waals surface area (Å²) in [5.74, 6) is 0.918. The molecular weight excluding hydrogens is 366 g/mol. The van der Waals surface area contributed by atoms with E-state index < -0.39 is 0 Å². The van der Waals surface area contributed by atoms with Crippen LogP contribution in [0.1, 0.15) is 15.9 Å². The van der Waals surface area contributed by atoms with Crippen LogP contribution in [0.25, 0.3) is 0 Å². The lowest BCUT2D eigenvalue weighted by Gasteiger charge is -2.09. The smallest absolute Gasteiger partial charge is 0.173 e. The number of ether oxygens (including phenoxy) is 1. The average molecular weight is 381 g/mol. The molecule has 0 atom stereocenters. The van der Waals surface area contributed by atoms with E-state index in [1.807, 2.05) is 42.5 Å². The zero-order valence-corrected chi connectivity index (χ0v) is 15.6. The van der Waals surface area contributed by atoms with Crippen molar-refractivity contribution in [2.45, 2.75) is 5.03 Å². The van der Waals surface area contributed by atoms with Crippen molar-refractivity contribution in [3.63, 3.8) is 0 Å². The quantitative estimate of drug-likeness (QED) is 0.470. The predicted octanol–water partition coefficient (Wildman–Crippen LogP) is 4.74. The Morgan fingerprint density at radius 2 is 1.96 bits per heavy atom. The van der Waals surface area contributed by atoms with Gasteiger partial charge in [-0.1, -0.05) is 54.2 Å². The number of anilines is 2. The van der Waals surface area contributed by atoms with Crippen LogP contribution < -0.4 is 10.1 Å². The minimum absolute atomic E-state index is 0.00623. The number of carbonyl (C=O) groups is 1. The number of rotatable bonds is 7. The van der Waals surface area contributed by atoms with Gasteiger partial charge in [0.05, 0.1) is 18.6 Å². The second-order valence-electron chi connectivity index (χ2n) is 5.21. The third-order valence-corrected chi connectivity index (χ3v) is 5.42. The second kappa shape index (κ2) is 8.52. The van der Waals surface area contributed by atoms with Gasteiger partial charge in [-0.15, -0.1) is 0 Å². The number of hydrogen-bond donors (Lipinski definition) is 1. The molecule has 2 aromatic carbocycles. The number of Topliss-reactive ketones (excluding diaryl/α,β-unsaturated/α-hetero) is 1. The lowest BCUT2D eigenvalue weighted by Crippen LogP contribution is -2.02. The Hall–Kier alpha value is -2.82. The Bertz CT molecular complexity index is 949. The first-order valence-corrected chi connectivity index (χ1v) is 9.49. The minimum Gasteiger partial charge on any atom is -0.495 e. The molecule has 1 heterocycles. The molecule has 0 saturated carbocycles. The SMILES string of the molecule is COc1ccccc1Nc1snc(SCC(=O)c2ccccc2)c1C#N. The van der Waals surface area contributed by atoms with E-state index in [1.165, 1.54) is 23.3 Å². The molecule has 0 bridgehead atoms. The highest BCUT2D eigenvalue weighted by molar-refractivity contribution is 8.00. The summed E-state index contributed by atoms with van der Waals surface area (Å²) in [5, 5.41) is 13.9. The topological polar surface area (TPSA) is 75.0 Å². The van der Waals surface area contributed by atoms with Crippen LogP contribution in [-0.4, -0.2) is 23.0 Å². The molecular formula is C19H15N3O2S2. The fourth-order valence-electron chi connectivity index (χ4n) is 2.27. The normalized spacial score (nSPS) is 10.2. The first kappa shape index (κ1) is 18.0. The van der Waals surface area contributed by atoms with Crippen LogP contribution in [0.2, 0.25) is 0 Å². The standard InChI is InChI=1S/C19H15N3O2S2/c1-24-17-10-6-5-9-15(17)21-18-14(11-20)19(22-26-18)25-12-16(23)13-7-3-2-4-8-13/h2-10,21H,12H2,1H3. The molecule has 0 spiro atoms. The molecule has 3 aromatic rings. The van der Waals surface area contributed by atoms with E-state index in [-0.39, 0.29) is 11.5 Å². The first-order valence-electron chi connectivity index (χ1n) is 7.73. The molecule has 0 amide bonds. The van der Waals surface area contributed by atoms with Gasteiger partial charge in [-0.25, -0.2) is 0 Å². The maximum atomic E-state index is 12.2. The summed E-state index contributed by atoms with van der Waals surface area (Å²) in [6, 6.07) is 18.7. The van der Waals surface area contributed by atoms with Crippen LogP contribution in [-0.2, 0) is 0 Å². The third-order valence-electron chi connectivity index (χ3n) is 3.56. The van der Waals surface area contributed by atoms with Crippen LogP contribution in [0.5, 0.6) is 5.75 Å². The van der Waals surface area contributed by atoms with Gasteiger partial charge in [0.25, 0.3) is 0 Å². The van der Waals surface area contributed by atoms with Crippen LogP contribution in [0.3, 0.4) is 0 Å². The van der Waals surface area contributed by atoms with E-state index in [4.69, 9.17) is 4.74 Å². The minimum atomic E-state index is 0.00623. The molecule has 130 valence electrons. The Morgan fingerprint density at radius 1 is 1.23 bits per heavy atom. The van der Waals surface area contributed by atoms with Crippen molar-refractivity contribution < 1.29 is 9.53 Å². The Morgan fingerprint density at radius 3 is 2.69 bits per heavy atom. The highest BCUT2D eigenvalue weighted by Crippen LogP contribution is 2.35. The number of carbonyl (C=O) groups excluding carboxylic acids is 1. The van der Waals surface area contributed by atoms with E-state index in [9.17, 15) is 10.1 Å². The largest absolute Gasteiger partial charge is 0.495 e. The average Bonchev–Trinajstić information content (AvgIpc) is 3.08. The fraction of sp³-hybridized carbons (Fsp3) is 0.105. The number of hydrogen-bond acceptors (Lipinski definition) is 7. The van der Waals surface area contributed by atoms with Crippen LogP contribution in [0.4, 0.5) is 10.7 Å². The van der Waals surface area contributed by atoms with Crippen LogP contribution in [0.15, 0.2) is 59.6 Å². The van der Waals surface area contributed by atoms with Crippen molar-refractivity contribution in [2.24, 2.45) is 0 Å². The van der Waals surface area contributed by atoms with Crippen LogP contribution in [0, 0.1) is 11.3 Å². The monoisotopic (exact) mass is 381 g/mol. The third kappa shape index (κ3) is 4.04. The number of para-hydroxylation sites is 2. The highest BCUT2D eigenvalue weighted by atomic mass is 32.2. The van der Waals surface area contributed by atoms with Gasteiger partial charge in [0.2, 0.25) is 0 Å².